The number of aliphatic carboxylic acids is 1. The minimum absolute atomic E-state index is 0.0170. The summed E-state index contributed by atoms with van der Waals surface area (Å²) >= 11 is 3.31. The number of carbonyl (C=O) groups excluding carboxylic acids is 1. The van der Waals surface area contributed by atoms with Crippen molar-refractivity contribution in [3.05, 3.63) is 22.6 Å². The molecule has 0 radical (unpaired) electrons. The highest BCUT2D eigenvalue weighted by Gasteiger charge is 2.46. The van der Waals surface area contributed by atoms with E-state index in [1.165, 1.54) is 18.3 Å². The number of amides is 1. The Bertz CT molecular complexity index is 486. The molecule has 1 saturated heterocycles. The van der Waals surface area contributed by atoms with Gasteiger partial charge in [-0.25, -0.2) is 0 Å². The Kier molecular flexibility index (Phi) is 4.26. The maximum absolute atomic E-state index is 12.0. The molecule has 1 N–H and O–H groups in total. The summed E-state index contributed by atoms with van der Waals surface area (Å²) in [5.41, 5.74) is 0. The Labute approximate surface area is 118 Å². The van der Waals surface area contributed by atoms with Crippen LogP contribution in [0.5, 0.6) is 0 Å². The number of furan rings is 1. The molecule has 19 heavy (non-hydrogen) atoms. The monoisotopic (exact) mass is 331 g/mol. The van der Waals surface area contributed by atoms with E-state index in [4.69, 9.17) is 9.15 Å². The van der Waals surface area contributed by atoms with Gasteiger partial charge in [-0.1, -0.05) is 0 Å². The van der Waals surface area contributed by atoms with Crippen molar-refractivity contribution in [1.82, 2.24) is 4.90 Å². The van der Waals surface area contributed by atoms with Crippen LogP contribution < -0.4 is 0 Å². The van der Waals surface area contributed by atoms with Gasteiger partial charge >= 0.3 is 5.97 Å². The first kappa shape index (κ1) is 14.1. The topological polar surface area (TPSA) is 80.0 Å². The van der Waals surface area contributed by atoms with Crippen molar-refractivity contribution in [3.63, 3.8) is 0 Å². The third kappa shape index (κ3) is 2.66. The summed E-state index contributed by atoms with van der Waals surface area (Å²) in [6.07, 6.45) is 1.45. The largest absolute Gasteiger partial charge is 0.481 e. The van der Waals surface area contributed by atoms with Gasteiger partial charge in [0.25, 0.3) is 0 Å². The van der Waals surface area contributed by atoms with Gasteiger partial charge in [-0.15, -0.1) is 0 Å². The highest BCUT2D eigenvalue weighted by Crippen LogP contribution is 2.41. The standard InChI is InChI=1S/C12H14BrNO5/c1-18-5-3-14-9(15)6-7(12(16)17)10(14)11-8(13)2-4-19-11/h2,4,7,10H,3,5-6H2,1H3,(H,16,17). The number of ether oxygens (including phenoxy) is 1. The van der Waals surface area contributed by atoms with E-state index in [9.17, 15) is 14.7 Å². The molecule has 0 aromatic carbocycles. The van der Waals surface area contributed by atoms with Crippen LogP contribution in [0.4, 0.5) is 0 Å². The highest BCUT2D eigenvalue weighted by molar-refractivity contribution is 9.10. The molecule has 0 bridgehead atoms. The summed E-state index contributed by atoms with van der Waals surface area (Å²) in [7, 11) is 1.53. The second-order valence-electron chi connectivity index (χ2n) is 4.31. The van der Waals surface area contributed by atoms with Gasteiger partial charge in [0.2, 0.25) is 5.91 Å². The van der Waals surface area contributed by atoms with Crippen LogP contribution in [0.2, 0.25) is 0 Å². The van der Waals surface area contributed by atoms with Crippen LogP contribution in [0.25, 0.3) is 0 Å². The summed E-state index contributed by atoms with van der Waals surface area (Å²) in [5.74, 6) is -1.53. The molecule has 1 fully saturated rings. The SMILES string of the molecule is COCCN1C(=O)CC(C(=O)O)C1c1occc1Br. The van der Waals surface area contributed by atoms with E-state index in [2.05, 4.69) is 15.9 Å². The molecular formula is C12H14BrNO5. The third-order valence-electron chi connectivity index (χ3n) is 3.20. The Balaban J connectivity index is 2.33. The zero-order valence-electron chi connectivity index (χ0n) is 10.3. The molecule has 104 valence electrons. The number of nitrogens with zero attached hydrogens (tertiary/aromatic N) is 1. The molecule has 7 heteroatoms. The molecule has 2 heterocycles. The van der Waals surface area contributed by atoms with E-state index >= 15 is 0 Å². The van der Waals surface area contributed by atoms with Gasteiger partial charge < -0.3 is 19.2 Å². The number of likely N-dealkylation sites (tertiary alicyclic amines) is 1. The lowest BCUT2D eigenvalue weighted by Gasteiger charge is -2.25. The second-order valence-corrected chi connectivity index (χ2v) is 5.16. The predicted molar refractivity (Wildman–Crippen MR) is 68.5 cm³/mol. The maximum Gasteiger partial charge on any atom is 0.309 e. The lowest BCUT2D eigenvalue weighted by atomic mass is 9.98. The summed E-state index contributed by atoms with van der Waals surface area (Å²) in [4.78, 5) is 24.8. The van der Waals surface area contributed by atoms with Crippen molar-refractivity contribution >= 4 is 27.8 Å². The quantitative estimate of drug-likeness (QED) is 0.887. The number of methoxy groups -OCH3 is 1. The van der Waals surface area contributed by atoms with Gasteiger partial charge in [0.05, 0.1) is 23.3 Å². The summed E-state index contributed by atoms with van der Waals surface area (Å²) in [6, 6.07) is 1.09. The van der Waals surface area contributed by atoms with Crippen molar-refractivity contribution in [2.75, 3.05) is 20.3 Å². The fourth-order valence-corrected chi connectivity index (χ4v) is 2.74. The molecule has 1 amide bonds. The average molecular weight is 332 g/mol. The molecule has 1 aliphatic heterocycles. The molecule has 0 saturated carbocycles. The molecule has 1 aromatic rings. The maximum atomic E-state index is 12.0. The van der Waals surface area contributed by atoms with Crippen molar-refractivity contribution in [3.8, 4) is 0 Å². The second kappa shape index (κ2) is 5.75. The van der Waals surface area contributed by atoms with E-state index in [-0.39, 0.29) is 12.3 Å². The Morgan fingerprint density at radius 3 is 2.95 bits per heavy atom. The van der Waals surface area contributed by atoms with Crippen LogP contribution in [0.1, 0.15) is 18.2 Å². The zero-order valence-corrected chi connectivity index (χ0v) is 11.9. The summed E-state index contributed by atoms with van der Waals surface area (Å²) < 4.78 is 11.0. The summed E-state index contributed by atoms with van der Waals surface area (Å²) in [5, 5.41) is 9.27. The minimum atomic E-state index is -0.999. The van der Waals surface area contributed by atoms with Crippen molar-refractivity contribution < 1.29 is 23.8 Å². The third-order valence-corrected chi connectivity index (χ3v) is 3.85. The predicted octanol–water partition coefficient (Wildman–Crippen LogP) is 1.66. The van der Waals surface area contributed by atoms with E-state index in [0.717, 1.165) is 0 Å². The van der Waals surface area contributed by atoms with Gasteiger partial charge in [-0.05, 0) is 22.0 Å². The van der Waals surface area contributed by atoms with Crippen LogP contribution in [-0.4, -0.2) is 42.1 Å². The van der Waals surface area contributed by atoms with E-state index in [1.807, 2.05) is 0 Å². The van der Waals surface area contributed by atoms with Crippen molar-refractivity contribution in [2.24, 2.45) is 5.92 Å². The average Bonchev–Trinajstić information content (AvgIpc) is 2.90. The number of carbonyl (C=O) groups is 2. The Hall–Kier alpha value is -1.34. The zero-order chi connectivity index (χ0) is 14.0. The highest BCUT2D eigenvalue weighted by atomic mass is 79.9. The van der Waals surface area contributed by atoms with Crippen LogP contribution in [0.15, 0.2) is 21.2 Å². The molecular weight excluding hydrogens is 318 g/mol. The minimum Gasteiger partial charge on any atom is -0.481 e. The smallest absolute Gasteiger partial charge is 0.309 e. The number of rotatable bonds is 5. The number of carboxylic acids is 1. The first-order chi connectivity index (χ1) is 9.06. The first-order valence-electron chi connectivity index (χ1n) is 5.80. The number of halogens is 1. The number of hydrogen-bond donors (Lipinski definition) is 1. The van der Waals surface area contributed by atoms with Gasteiger partial charge in [0.15, 0.2) is 0 Å². The molecule has 0 aliphatic carbocycles. The van der Waals surface area contributed by atoms with Crippen molar-refractivity contribution in [2.45, 2.75) is 12.5 Å². The molecule has 2 atom stereocenters. The van der Waals surface area contributed by atoms with Gasteiger partial charge in [0.1, 0.15) is 11.8 Å². The lowest BCUT2D eigenvalue weighted by Crippen LogP contribution is -2.33. The van der Waals surface area contributed by atoms with Gasteiger partial charge in [-0.2, -0.15) is 0 Å². The Morgan fingerprint density at radius 2 is 2.42 bits per heavy atom. The molecule has 2 rings (SSSR count). The molecule has 6 nitrogen and oxygen atoms in total. The number of hydrogen-bond acceptors (Lipinski definition) is 4. The molecule has 0 spiro atoms. The van der Waals surface area contributed by atoms with Crippen LogP contribution in [-0.2, 0) is 14.3 Å². The molecule has 1 aromatic heterocycles. The van der Waals surface area contributed by atoms with Crippen molar-refractivity contribution in [1.29, 1.82) is 0 Å². The lowest BCUT2D eigenvalue weighted by molar-refractivity contribution is -0.143. The van der Waals surface area contributed by atoms with Crippen LogP contribution in [0.3, 0.4) is 0 Å². The summed E-state index contributed by atoms with van der Waals surface area (Å²) in [6.45, 7) is 0.698. The van der Waals surface area contributed by atoms with Gasteiger partial charge in [0, 0.05) is 20.1 Å². The van der Waals surface area contributed by atoms with E-state index < -0.39 is 17.9 Å². The fourth-order valence-electron chi connectivity index (χ4n) is 2.31. The molecule has 1 aliphatic rings. The first-order valence-corrected chi connectivity index (χ1v) is 6.59. The van der Waals surface area contributed by atoms with Gasteiger partial charge in [-0.3, -0.25) is 9.59 Å². The fraction of sp³-hybridized carbons (Fsp3) is 0.500. The van der Waals surface area contributed by atoms with Crippen LogP contribution in [0, 0.1) is 5.92 Å². The number of carboxylic acid groups (broad SMARTS) is 1. The normalized spacial score (nSPS) is 23.1. The van der Waals surface area contributed by atoms with Crippen LogP contribution >= 0.6 is 15.9 Å². The Morgan fingerprint density at radius 1 is 1.68 bits per heavy atom. The van der Waals surface area contributed by atoms with E-state index in [1.54, 1.807) is 6.07 Å². The molecule has 2 unspecified atom stereocenters. The van der Waals surface area contributed by atoms with E-state index in [0.29, 0.717) is 23.4 Å².